The summed E-state index contributed by atoms with van der Waals surface area (Å²) in [5, 5.41) is 3.00. The van der Waals surface area contributed by atoms with Gasteiger partial charge in [-0.15, -0.1) is 0 Å². The van der Waals surface area contributed by atoms with Gasteiger partial charge in [0.2, 0.25) is 0 Å². The highest BCUT2D eigenvalue weighted by Crippen LogP contribution is 2.22. The molecule has 1 heterocycles. The predicted molar refractivity (Wildman–Crippen MR) is 105 cm³/mol. The first-order valence-electron chi connectivity index (χ1n) is 8.58. The maximum Gasteiger partial charge on any atom is 0.272 e. The molecule has 0 unspecified atom stereocenters. The molecule has 0 radical (unpaired) electrons. The summed E-state index contributed by atoms with van der Waals surface area (Å²) < 4.78 is 55.7. The van der Waals surface area contributed by atoms with Crippen molar-refractivity contribution >= 4 is 26.6 Å². The van der Waals surface area contributed by atoms with Gasteiger partial charge in [-0.05, 0) is 35.9 Å². The number of H-pyrrole nitrogens is 1. The average molecular weight is 415 g/mol. The fourth-order valence-corrected chi connectivity index (χ4v) is 4.16. The minimum atomic E-state index is -4.29. The Morgan fingerprint density at radius 2 is 1.72 bits per heavy atom. The summed E-state index contributed by atoms with van der Waals surface area (Å²) >= 11 is 0. The number of nitrogens with one attached hydrogen (secondary N) is 2. The SMILES string of the molecule is O=c1[nH]n(Cc2ccccc2)c2ccc(NS(=O)(=O)c3ccc(F)cc3F)cc12. The van der Waals surface area contributed by atoms with Crippen molar-refractivity contribution in [2.75, 3.05) is 4.72 Å². The number of halogens is 2. The Morgan fingerprint density at radius 3 is 2.45 bits per heavy atom. The number of nitrogens with zero attached hydrogens (tertiary/aromatic N) is 1. The second kappa shape index (κ2) is 7.17. The minimum absolute atomic E-state index is 0.0872. The number of benzene rings is 3. The highest BCUT2D eigenvalue weighted by atomic mass is 32.2. The highest BCUT2D eigenvalue weighted by Gasteiger charge is 2.20. The van der Waals surface area contributed by atoms with Crippen molar-refractivity contribution in [1.82, 2.24) is 9.78 Å². The van der Waals surface area contributed by atoms with Crippen LogP contribution in [0.15, 0.2) is 76.4 Å². The summed E-state index contributed by atoms with van der Waals surface area (Å²) in [4.78, 5) is 11.6. The minimum Gasteiger partial charge on any atom is -0.280 e. The molecule has 0 atom stereocenters. The molecule has 0 saturated heterocycles. The highest BCUT2D eigenvalue weighted by molar-refractivity contribution is 7.92. The van der Waals surface area contributed by atoms with Crippen LogP contribution in [-0.2, 0) is 16.6 Å². The van der Waals surface area contributed by atoms with Crippen LogP contribution >= 0.6 is 0 Å². The van der Waals surface area contributed by atoms with Crippen molar-refractivity contribution in [3.05, 3.63) is 94.3 Å². The van der Waals surface area contributed by atoms with Crippen LogP contribution in [-0.4, -0.2) is 18.2 Å². The van der Waals surface area contributed by atoms with Crippen LogP contribution in [0.1, 0.15) is 5.56 Å². The molecule has 6 nitrogen and oxygen atoms in total. The van der Waals surface area contributed by atoms with Crippen molar-refractivity contribution in [3.8, 4) is 0 Å². The number of aromatic amines is 1. The van der Waals surface area contributed by atoms with E-state index in [-0.39, 0.29) is 16.6 Å². The number of rotatable bonds is 5. The van der Waals surface area contributed by atoms with Crippen molar-refractivity contribution in [1.29, 1.82) is 0 Å². The standard InChI is InChI=1S/C20H15F2N3O3S/c21-14-6-9-19(17(22)10-14)29(27,28)24-15-7-8-18-16(11-15)20(26)23-25(18)12-13-4-2-1-3-5-13/h1-11,24H,12H2,(H,23,26). The van der Waals surface area contributed by atoms with E-state index in [1.807, 2.05) is 30.3 Å². The smallest absolute Gasteiger partial charge is 0.272 e. The Balaban J connectivity index is 1.67. The summed E-state index contributed by atoms with van der Waals surface area (Å²) in [5.74, 6) is -2.08. The number of sulfonamides is 1. The zero-order chi connectivity index (χ0) is 20.6. The molecule has 0 saturated carbocycles. The van der Waals surface area contributed by atoms with Crippen LogP contribution in [0.2, 0.25) is 0 Å². The number of aromatic nitrogens is 2. The fraction of sp³-hybridized carbons (Fsp3) is 0.0500. The Kier molecular flexibility index (Phi) is 4.67. The third kappa shape index (κ3) is 3.77. The normalized spacial score (nSPS) is 11.7. The molecule has 0 aliphatic carbocycles. The number of hydrogen-bond donors (Lipinski definition) is 2. The Bertz CT molecular complexity index is 1360. The van der Waals surface area contributed by atoms with Crippen LogP contribution in [0.5, 0.6) is 0 Å². The van der Waals surface area contributed by atoms with Crippen molar-refractivity contribution in [2.24, 2.45) is 0 Å². The second-order valence-electron chi connectivity index (χ2n) is 6.42. The Labute approximate surface area is 164 Å². The van der Waals surface area contributed by atoms with E-state index in [2.05, 4.69) is 9.82 Å². The maximum atomic E-state index is 13.9. The lowest BCUT2D eigenvalue weighted by Gasteiger charge is -2.09. The third-order valence-corrected chi connectivity index (χ3v) is 5.80. The molecule has 0 bridgehead atoms. The van der Waals surface area contributed by atoms with E-state index < -0.39 is 26.6 Å². The molecule has 0 aliphatic rings. The summed E-state index contributed by atoms with van der Waals surface area (Å²) in [6.45, 7) is 0.436. The second-order valence-corrected chi connectivity index (χ2v) is 8.08. The molecule has 2 N–H and O–H groups in total. The first-order valence-corrected chi connectivity index (χ1v) is 10.1. The van der Waals surface area contributed by atoms with E-state index in [0.29, 0.717) is 18.1 Å². The van der Waals surface area contributed by atoms with Crippen LogP contribution in [0.25, 0.3) is 10.9 Å². The topological polar surface area (TPSA) is 84.0 Å². The molecule has 0 fully saturated rings. The lowest BCUT2D eigenvalue weighted by molar-refractivity contribution is 0.551. The molecule has 3 aromatic carbocycles. The van der Waals surface area contributed by atoms with E-state index >= 15 is 0 Å². The molecule has 4 rings (SSSR count). The molecule has 148 valence electrons. The van der Waals surface area contributed by atoms with E-state index in [4.69, 9.17) is 0 Å². The van der Waals surface area contributed by atoms with Gasteiger partial charge >= 0.3 is 0 Å². The van der Waals surface area contributed by atoms with Crippen LogP contribution in [0, 0.1) is 11.6 Å². The van der Waals surface area contributed by atoms with Gasteiger partial charge in [0, 0.05) is 11.8 Å². The van der Waals surface area contributed by atoms with E-state index in [9.17, 15) is 22.0 Å². The number of fused-ring (bicyclic) bond motifs is 1. The van der Waals surface area contributed by atoms with Crippen molar-refractivity contribution < 1.29 is 17.2 Å². The van der Waals surface area contributed by atoms with Crippen LogP contribution in [0.3, 0.4) is 0 Å². The van der Waals surface area contributed by atoms with Crippen molar-refractivity contribution in [2.45, 2.75) is 11.4 Å². The van der Waals surface area contributed by atoms with Gasteiger partial charge in [0.05, 0.1) is 17.4 Å². The predicted octanol–water partition coefficient (Wildman–Crippen LogP) is 3.46. The Morgan fingerprint density at radius 1 is 0.966 bits per heavy atom. The molecule has 0 aliphatic heterocycles. The summed E-state index contributed by atoms with van der Waals surface area (Å²) in [7, 11) is -4.29. The maximum absolute atomic E-state index is 13.9. The fourth-order valence-electron chi connectivity index (χ4n) is 3.05. The van der Waals surface area contributed by atoms with Gasteiger partial charge in [-0.1, -0.05) is 30.3 Å². The third-order valence-electron chi connectivity index (χ3n) is 4.39. The summed E-state index contributed by atoms with van der Waals surface area (Å²) in [6, 6.07) is 16.1. The summed E-state index contributed by atoms with van der Waals surface area (Å²) in [6.07, 6.45) is 0. The molecule has 1 aromatic heterocycles. The van der Waals surface area contributed by atoms with Gasteiger partial charge < -0.3 is 0 Å². The zero-order valence-electron chi connectivity index (χ0n) is 14.9. The molecule has 0 amide bonds. The first-order chi connectivity index (χ1) is 13.8. The quantitative estimate of drug-likeness (QED) is 0.524. The van der Waals surface area contributed by atoms with E-state index in [0.717, 1.165) is 17.7 Å². The van der Waals surface area contributed by atoms with Gasteiger partial charge in [-0.25, -0.2) is 17.2 Å². The van der Waals surface area contributed by atoms with Gasteiger partial charge in [-0.3, -0.25) is 19.3 Å². The molecule has 4 aromatic rings. The number of hydrogen-bond acceptors (Lipinski definition) is 3. The van der Waals surface area contributed by atoms with Gasteiger partial charge in [0.1, 0.15) is 16.5 Å². The van der Waals surface area contributed by atoms with Gasteiger partial charge in [0.25, 0.3) is 15.6 Å². The lowest BCUT2D eigenvalue weighted by atomic mass is 10.2. The van der Waals surface area contributed by atoms with Crippen LogP contribution in [0.4, 0.5) is 14.5 Å². The number of anilines is 1. The van der Waals surface area contributed by atoms with Gasteiger partial charge in [0.15, 0.2) is 0 Å². The van der Waals surface area contributed by atoms with Crippen molar-refractivity contribution in [3.63, 3.8) is 0 Å². The molecular weight excluding hydrogens is 400 g/mol. The molecular formula is C20H15F2N3O3S. The van der Waals surface area contributed by atoms with Gasteiger partial charge in [-0.2, -0.15) is 0 Å². The molecule has 29 heavy (non-hydrogen) atoms. The van der Waals surface area contributed by atoms with E-state index in [1.165, 1.54) is 12.1 Å². The van der Waals surface area contributed by atoms with E-state index in [1.54, 1.807) is 10.7 Å². The average Bonchev–Trinajstić information content (AvgIpc) is 2.97. The Hall–Kier alpha value is -3.46. The largest absolute Gasteiger partial charge is 0.280 e. The molecule has 0 spiro atoms. The first kappa shape index (κ1) is 18.9. The zero-order valence-corrected chi connectivity index (χ0v) is 15.7. The molecule has 9 heteroatoms. The lowest BCUT2D eigenvalue weighted by Crippen LogP contribution is -2.15. The van der Waals surface area contributed by atoms with Crippen LogP contribution < -0.4 is 10.3 Å². The summed E-state index contributed by atoms with van der Waals surface area (Å²) in [5.41, 5.74) is 1.28. The monoisotopic (exact) mass is 415 g/mol.